The number of carbonyl (C=O) groups is 9. The second-order valence-corrected chi connectivity index (χ2v) is 18.4. The second kappa shape index (κ2) is 34.7. The number of rotatable bonds is 36. The number of nitrogens with two attached hydrogens (primary N) is 6. The summed E-state index contributed by atoms with van der Waals surface area (Å²) in [6.07, 6.45) is 5.88. The lowest BCUT2D eigenvalue weighted by atomic mass is 10.1. The Morgan fingerprint density at radius 2 is 1.52 bits per heavy atom. The van der Waals surface area contributed by atoms with Crippen molar-refractivity contribution >= 4 is 59.2 Å². The second-order valence-electron chi connectivity index (χ2n) is 18.4. The molecule has 1 aliphatic rings. The molecule has 8 atom stereocenters. The Morgan fingerprint density at radius 3 is 2.15 bits per heavy atom. The van der Waals surface area contributed by atoms with Crippen LogP contribution in [0.15, 0.2) is 29.3 Å². The van der Waals surface area contributed by atoms with Crippen LogP contribution in [0.1, 0.15) is 97.1 Å². The van der Waals surface area contributed by atoms with Gasteiger partial charge in [0.15, 0.2) is 5.96 Å². The van der Waals surface area contributed by atoms with Crippen LogP contribution in [-0.2, 0) is 49.6 Å². The van der Waals surface area contributed by atoms with E-state index in [1.807, 2.05) is 13.8 Å². The third-order valence-corrected chi connectivity index (χ3v) is 11.8. The molecule has 0 radical (unpaired) electrons. The summed E-state index contributed by atoms with van der Waals surface area (Å²) in [7, 11) is 0. The van der Waals surface area contributed by atoms with E-state index < -0.39 is 120 Å². The number of likely N-dealkylation sites (tertiary alicyclic amines) is 1. The minimum absolute atomic E-state index is 0.0432. The summed E-state index contributed by atoms with van der Waals surface area (Å²) in [4.78, 5) is 132. The van der Waals surface area contributed by atoms with E-state index in [9.17, 15) is 53.4 Å². The number of nitrogens with one attached hydrogen (secondary N) is 9. The Balaban J connectivity index is 2.17. The van der Waals surface area contributed by atoms with Gasteiger partial charge in [-0.2, -0.15) is 0 Å². The van der Waals surface area contributed by atoms with Gasteiger partial charge < -0.3 is 97.0 Å². The molecule has 1 aliphatic heterocycles. The van der Waals surface area contributed by atoms with Crippen molar-refractivity contribution in [3.8, 4) is 0 Å². The molecule has 0 saturated carbocycles. The van der Waals surface area contributed by atoms with Crippen molar-refractivity contribution in [2.24, 2.45) is 39.4 Å². The highest BCUT2D eigenvalue weighted by atomic mass is 16.4. The third-order valence-electron chi connectivity index (χ3n) is 11.8. The van der Waals surface area contributed by atoms with E-state index in [-0.39, 0.29) is 70.7 Å². The lowest BCUT2D eigenvalue weighted by molar-refractivity contribution is -0.142. The van der Waals surface area contributed by atoms with Gasteiger partial charge in [0.25, 0.3) is 0 Å². The molecule has 1 saturated heterocycles. The van der Waals surface area contributed by atoms with Gasteiger partial charge in [0.2, 0.25) is 47.3 Å². The van der Waals surface area contributed by atoms with Crippen LogP contribution in [-0.4, -0.2) is 185 Å². The van der Waals surface area contributed by atoms with Crippen molar-refractivity contribution < 1.29 is 53.4 Å². The fraction of sp³-hybridized carbons (Fsp3) is 0.674. The van der Waals surface area contributed by atoms with Crippen molar-refractivity contribution in [2.75, 3.05) is 45.8 Å². The molecule has 0 spiro atoms. The maximum atomic E-state index is 14.2. The highest BCUT2D eigenvalue weighted by Crippen LogP contribution is 2.20. The normalized spacial score (nSPS) is 16.3. The van der Waals surface area contributed by atoms with Crippen molar-refractivity contribution in [3.05, 3.63) is 30.0 Å². The first-order valence-electron chi connectivity index (χ1n) is 25.3. The molecule has 0 aliphatic carbocycles. The average molecular weight is 1060 g/mol. The van der Waals surface area contributed by atoms with Gasteiger partial charge in [-0.15, -0.1) is 0 Å². The lowest BCUT2D eigenvalue weighted by Gasteiger charge is -2.30. The number of hydrogen-bond donors (Lipinski definition) is 17. The van der Waals surface area contributed by atoms with Gasteiger partial charge >= 0.3 is 5.97 Å². The number of amides is 8. The maximum absolute atomic E-state index is 14.2. The van der Waals surface area contributed by atoms with Crippen LogP contribution < -0.4 is 76.9 Å². The molecule has 23 N–H and O–H groups in total. The molecule has 2 heterocycles. The zero-order valence-electron chi connectivity index (χ0n) is 43.2. The highest BCUT2D eigenvalue weighted by molar-refractivity contribution is 5.99. The van der Waals surface area contributed by atoms with E-state index >= 15 is 0 Å². The van der Waals surface area contributed by atoms with Crippen LogP contribution in [0.2, 0.25) is 0 Å². The van der Waals surface area contributed by atoms with E-state index in [4.69, 9.17) is 34.4 Å². The molecule has 2 rings (SSSR count). The number of aromatic amines is 1. The third kappa shape index (κ3) is 24.0. The zero-order valence-corrected chi connectivity index (χ0v) is 43.2. The highest BCUT2D eigenvalue weighted by Gasteiger charge is 2.40. The molecular formula is C46H82N18O11. The molecule has 29 nitrogen and oxygen atoms in total. The Labute approximate surface area is 436 Å². The fourth-order valence-corrected chi connectivity index (χ4v) is 7.70. The smallest absolute Gasteiger partial charge is 0.352 e. The Morgan fingerprint density at radius 1 is 0.827 bits per heavy atom. The van der Waals surface area contributed by atoms with E-state index in [1.165, 1.54) is 30.4 Å². The van der Waals surface area contributed by atoms with E-state index in [1.54, 1.807) is 0 Å². The molecule has 0 bridgehead atoms. The Hall–Kier alpha value is -6.79. The summed E-state index contributed by atoms with van der Waals surface area (Å²) < 4.78 is 0. The number of aliphatic carboxylic acids is 1. The number of guanidine groups is 1. The minimum atomic E-state index is -1.55. The van der Waals surface area contributed by atoms with E-state index in [2.05, 4.69) is 57.5 Å². The molecular weight excluding hydrogens is 981 g/mol. The molecule has 0 unspecified atom stereocenters. The van der Waals surface area contributed by atoms with Crippen LogP contribution in [0, 0.1) is 0 Å². The number of unbranched alkanes of at least 4 members (excludes halogenated alkanes) is 2. The lowest BCUT2D eigenvalue weighted by Crippen LogP contribution is -2.60. The number of carboxylic acid groups (broad SMARTS) is 1. The van der Waals surface area contributed by atoms with E-state index in [0.717, 1.165) is 13.0 Å². The first-order valence-corrected chi connectivity index (χ1v) is 25.3. The number of imidazole rings is 1. The average Bonchev–Trinajstić information content (AvgIpc) is 4.09. The summed E-state index contributed by atoms with van der Waals surface area (Å²) in [6.45, 7) is 5.56. The predicted octanol–water partition coefficient (Wildman–Crippen LogP) is -6.07. The number of nitrogens with zero attached hydrogens (tertiary/aromatic N) is 3. The van der Waals surface area contributed by atoms with Gasteiger partial charge in [-0.05, 0) is 90.8 Å². The van der Waals surface area contributed by atoms with Crippen molar-refractivity contribution in [3.63, 3.8) is 0 Å². The molecule has 29 heteroatoms. The first-order chi connectivity index (χ1) is 35.6. The fourth-order valence-electron chi connectivity index (χ4n) is 7.70. The number of aromatic nitrogens is 2. The Kier molecular flexibility index (Phi) is 29.7. The predicted molar refractivity (Wildman–Crippen MR) is 276 cm³/mol. The van der Waals surface area contributed by atoms with Crippen molar-refractivity contribution in [1.29, 1.82) is 0 Å². The number of hydrogen-bond acceptors (Lipinski definition) is 17. The molecule has 1 aromatic rings. The monoisotopic (exact) mass is 1060 g/mol. The summed E-state index contributed by atoms with van der Waals surface area (Å²) >= 11 is 0. The van der Waals surface area contributed by atoms with Gasteiger partial charge in [-0.25, -0.2) is 9.78 Å². The van der Waals surface area contributed by atoms with Gasteiger partial charge in [0, 0.05) is 44.0 Å². The topological polar surface area (TPSA) is 491 Å². The van der Waals surface area contributed by atoms with Crippen LogP contribution in [0.3, 0.4) is 0 Å². The molecule has 1 fully saturated rings. The maximum Gasteiger partial charge on any atom is 0.352 e. The number of carbonyl (C=O) groups excluding carboxylic acids is 8. The molecule has 422 valence electrons. The largest absolute Gasteiger partial charge is 0.477 e. The van der Waals surface area contributed by atoms with Crippen LogP contribution in [0.4, 0.5) is 0 Å². The summed E-state index contributed by atoms with van der Waals surface area (Å²) in [5.41, 5.74) is 33.7. The number of aliphatic hydroxyl groups is 1. The molecule has 0 aromatic carbocycles. The SMILES string of the molecule is CC(C)NCCCC[C@H](N)C(=O)N[C@H](C(=O)N[C@@H](C)C(=O)NCC(=O)N[C@H](CCCN)C(=O)N1CCC[C@H]1C(=O)N[C@@H](Cc1cnc[nH]1)C(=O)N[C@@H](CCCCN)C(=O)N/C(=C\CCN=C(N)N)C(=O)O)[C@@H](O)CN. The Bertz CT molecular complexity index is 2070. The summed E-state index contributed by atoms with van der Waals surface area (Å²) in [5, 5.41) is 41.0. The van der Waals surface area contributed by atoms with Crippen molar-refractivity contribution in [2.45, 2.75) is 152 Å². The van der Waals surface area contributed by atoms with Gasteiger partial charge in [-0.3, -0.25) is 43.3 Å². The zero-order chi connectivity index (χ0) is 56.0. The summed E-state index contributed by atoms with van der Waals surface area (Å²) in [6, 6.07) is -8.46. The van der Waals surface area contributed by atoms with Crippen LogP contribution in [0.5, 0.6) is 0 Å². The summed E-state index contributed by atoms with van der Waals surface area (Å²) in [5.74, 6) is -7.94. The van der Waals surface area contributed by atoms with E-state index in [0.29, 0.717) is 43.8 Å². The quantitative estimate of drug-likeness (QED) is 0.0129. The van der Waals surface area contributed by atoms with Gasteiger partial charge in [0.1, 0.15) is 41.9 Å². The van der Waals surface area contributed by atoms with Gasteiger partial charge in [-0.1, -0.05) is 26.3 Å². The number of carboxylic acids is 1. The molecule has 8 amide bonds. The number of aliphatic hydroxyl groups excluding tert-OH is 1. The number of H-pyrrole nitrogens is 1. The molecule has 75 heavy (non-hydrogen) atoms. The first kappa shape index (κ1) is 64.3. The number of aliphatic imine (C=N–C) groups is 1. The standard InChI is InChI=1S/C46H82N18O11/c1-26(2)54-18-7-5-11-29(50)39(68)63-37(35(65)22-49)43(72)58-27(3)38(67)56-24-36(66)59-31(13-8-17-48)44(73)64-20-10-15-34(64)42(71)62-33(21-28-23-53-25-57-28)41(70)60-30(12-4-6-16-47)40(69)61-32(45(74)75)14-9-19-55-46(51)52/h14,23,25-27,29-31,33-35,37,54,65H,4-13,15-22,24,47-50H2,1-3H3,(H,53,57)(H,56,67)(H,58,72)(H,59,66)(H,60,70)(H,61,69)(H,62,71)(H,63,68)(H,74,75)(H4,51,52,55)/b32-14-/t27-,29-,30-,31+,33-,34-,35-,37-/m0/s1. The van der Waals surface area contributed by atoms with Gasteiger partial charge in [0.05, 0.1) is 25.0 Å². The molecule has 1 aromatic heterocycles. The van der Waals surface area contributed by atoms with Crippen LogP contribution in [0.25, 0.3) is 0 Å². The van der Waals surface area contributed by atoms with Crippen molar-refractivity contribution in [1.82, 2.24) is 57.4 Å². The minimum Gasteiger partial charge on any atom is -0.477 e. The van der Waals surface area contributed by atoms with Crippen LogP contribution >= 0.6 is 0 Å².